The average Bonchev–Trinajstić information content (AvgIpc) is 3.33. The number of fused-ring (bicyclic) bond motifs is 1. The number of H-pyrrole nitrogens is 1. The summed E-state index contributed by atoms with van der Waals surface area (Å²) < 4.78 is 6.83. The highest BCUT2D eigenvalue weighted by Gasteiger charge is 2.20. The first-order valence-electron chi connectivity index (χ1n) is 11.9. The van der Waals surface area contributed by atoms with Crippen LogP contribution in [0.2, 0.25) is 0 Å². The summed E-state index contributed by atoms with van der Waals surface area (Å²) in [7, 11) is 1.60. The Kier molecular flexibility index (Phi) is 6.90. The number of ether oxygens (including phenoxy) is 1. The zero-order valence-electron chi connectivity index (χ0n) is 19.6. The normalized spacial score (nSPS) is 14.2. The van der Waals surface area contributed by atoms with Crippen LogP contribution in [0, 0.1) is 0 Å². The number of rotatable bonds is 7. The van der Waals surface area contributed by atoms with Crippen LogP contribution in [0.3, 0.4) is 0 Å². The van der Waals surface area contributed by atoms with Gasteiger partial charge in [0, 0.05) is 17.8 Å². The third-order valence-electron chi connectivity index (χ3n) is 6.39. The van der Waals surface area contributed by atoms with Gasteiger partial charge in [-0.05, 0) is 42.7 Å². The summed E-state index contributed by atoms with van der Waals surface area (Å²) in [5.74, 6) is 0.855. The number of carbonyl (C=O) groups excluding carboxylic acids is 1. The number of nitrogens with one attached hydrogen (secondary N) is 2. The van der Waals surface area contributed by atoms with Crippen molar-refractivity contribution in [3.63, 3.8) is 0 Å². The van der Waals surface area contributed by atoms with E-state index < -0.39 is 0 Å². The lowest BCUT2D eigenvalue weighted by atomic mass is 9.95. The maximum Gasteiger partial charge on any atom is 0.283 e. The SMILES string of the molecule is COc1ccc(-n2c(SCC(=O)NC3CCCCC3)nc3c(-c4ccccc4)c[nH]c3c2=O)cc1. The third kappa shape index (κ3) is 4.98. The second kappa shape index (κ2) is 10.4. The molecule has 1 aliphatic rings. The first-order valence-corrected chi connectivity index (χ1v) is 12.9. The molecule has 1 fully saturated rings. The van der Waals surface area contributed by atoms with Crippen LogP contribution in [0.5, 0.6) is 5.75 Å². The van der Waals surface area contributed by atoms with E-state index in [1.165, 1.54) is 18.2 Å². The van der Waals surface area contributed by atoms with E-state index in [0.717, 1.165) is 36.8 Å². The van der Waals surface area contributed by atoms with Gasteiger partial charge in [-0.2, -0.15) is 0 Å². The molecule has 0 aliphatic heterocycles. The van der Waals surface area contributed by atoms with Gasteiger partial charge in [0.25, 0.3) is 5.56 Å². The Balaban J connectivity index is 1.53. The molecule has 0 bridgehead atoms. The van der Waals surface area contributed by atoms with Crippen molar-refractivity contribution < 1.29 is 9.53 Å². The van der Waals surface area contributed by atoms with Gasteiger partial charge in [-0.15, -0.1) is 0 Å². The van der Waals surface area contributed by atoms with E-state index in [4.69, 9.17) is 9.72 Å². The Morgan fingerprint density at radius 3 is 2.57 bits per heavy atom. The minimum absolute atomic E-state index is 0.0325. The van der Waals surface area contributed by atoms with Gasteiger partial charge < -0.3 is 15.0 Å². The van der Waals surface area contributed by atoms with Crippen molar-refractivity contribution in [3.05, 3.63) is 71.1 Å². The number of methoxy groups -OCH3 is 1. The molecule has 0 saturated heterocycles. The molecule has 2 heterocycles. The van der Waals surface area contributed by atoms with Gasteiger partial charge in [0.2, 0.25) is 5.91 Å². The van der Waals surface area contributed by atoms with Crippen LogP contribution in [0.15, 0.2) is 70.7 Å². The molecule has 0 atom stereocenters. The fraction of sp³-hybridized carbons (Fsp3) is 0.296. The van der Waals surface area contributed by atoms with Crippen LogP contribution in [0.1, 0.15) is 32.1 Å². The quantitative estimate of drug-likeness (QED) is 0.284. The zero-order chi connectivity index (χ0) is 24.2. The van der Waals surface area contributed by atoms with Gasteiger partial charge in [-0.25, -0.2) is 4.98 Å². The number of nitrogens with zero attached hydrogens (tertiary/aromatic N) is 2. The van der Waals surface area contributed by atoms with Crippen molar-refractivity contribution in [1.82, 2.24) is 19.9 Å². The molecule has 180 valence electrons. The van der Waals surface area contributed by atoms with Crippen molar-refractivity contribution in [2.45, 2.75) is 43.3 Å². The molecular weight excluding hydrogens is 460 g/mol. The molecule has 2 aromatic heterocycles. The van der Waals surface area contributed by atoms with E-state index in [9.17, 15) is 9.59 Å². The third-order valence-corrected chi connectivity index (χ3v) is 7.33. The van der Waals surface area contributed by atoms with Crippen molar-refractivity contribution >= 4 is 28.7 Å². The number of hydrogen-bond acceptors (Lipinski definition) is 5. The van der Waals surface area contributed by atoms with Crippen molar-refractivity contribution in [3.8, 4) is 22.6 Å². The molecule has 0 radical (unpaired) electrons. The van der Waals surface area contributed by atoms with Crippen molar-refractivity contribution in [2.75, 3.05) is 12.9 Å². The Bertz CT molecular complexity index is 1370. The lowest BCUT2D eigenvalue weighted by molar-refractivity contribution is -0.119. The number of carbonyl (C=O) groups is 1. The smallest absolute Gasteiger partial charge is 0.283 e. The van der Waals surface area contributed by atoms with Crippen LogP contribution in [-0.4, -0.2) is 39.3 Å². The van der Waals surface area contributed by atoms with E-state index in [0.29, 0.717) is 27.6 Å². The summed E-state index contributed by atoms with van der Waals surface area (Å²) in [4.78, 5) is 34.4. The highest BCUT2D eigenvalue weighted by molar-refractivity contribution is 7.99. The first kappa shape index (κ1) is 23.2. The van der Waals surface area contributed by atoms with Gasteiger partial charge >= 0.3 is 0 Å². The summed E-state index contributed by atoms with van der Waals surface area (Å²) in [5, 5.41) is 3.63. The fourth-order valence-corrected chi connectivity index (χ4v) is 5.40. The number of hydrogen-bond donors (Lipinski definition) is 2. The van der Waals surface area contributed by atoms with Gasteiger partial charge in [0.1, 0.15) is 16.8 Å². The molecule has 1 amide bonds. The first-order chi connectivity index (χ1) is 17.1. The Labute approximate surface area is 207 Å². The van der Waals surface area contributed by atoms with Crippen LogP contribution in [-0.2, 0) is 4.79 Å². The van der Waals surface area contributed by atoms with E-state index >= 15 is 0 Å². The Morgan fingerprint density at radius 1 is 1.11 bits per heavy atom. The summed E-state index contributed by atoms with van der Waals surface area (Å²) in [6, 6.07) is 17.3. The average molecular weight is 489 g/mol. The summed E-state index contributed by atoms with van der Waals surface area (Å²) in [6.07, 6.45) is 7.42. The molecule has 0 spiro atoms. The number of aromatic amines is 1. The van der Waals surface area contributed by atoms with Gasteiger partial charge in [-0.1, -0.05) is 61.4 Å². The molecule has 35 heavy (non-hydrogen) atoms. The van der Waals surface area contributed by atoms with E-state index in [2.05, 4.69) is 10.3 Å². The number of benzene rings is 2. The predicted octanol–water partition coefficient (Wildman–Crippen LogP) is 4.93. The molecule has 0 unspecified atom stereocenters. The second-order valence-corrected chi connectivity index (χ2v) is 9.66. The van der Waals surface area contributed by atoms with Gasteiger partial charge in [-0.3, -0.25) is 14.2 Å². The largest absolute Gasteiger partial charge is 0.497 e. The molecule has 8 heteroatoms. The maximum atomic E-state index is 13.7. The fourth-order valence-electron chi connectivity index (χ4n) is 4.58. The van der Waals surface area contributed by atoms with E-state index in [1.54, 1.807) is 23.8 Å². The number of amides is 1. The zero-order valence-corrected chi connectivity index (χ0v) is 20.4. The lowest BCUT2D eigenvalue weighted by Crippen LogP contribution is -2.37. The van der Waals surface area contributed by atoms with Crippen LogP contribution in [0.4, 0.5) is 0 Å². The second-order valence-electron chi connectivity index (χ2n) is 8.72. The molecule has 2 N–H and O–H groups in total. The minimum Gasteiger partial charge on any atom is -0.497 e. The van der Waals surface area contributed by atoms with Crippen LogP contribution in [0.25, 0.3) is 27.8 Å². The summed E-state index contributed by atoms with van der Waals surface area (Å²) in [5.41, 5.74) is 3.30. The van der Waals surface area contributed by atoms with Crippen molar-refractivity contribution in [1.29, 1.82) is 0 Å². The molecule has 2 aromatic carbocycles. The predicted molar refractivity (Wildman–Crippen MR) is 139 cm³/mol. The van der Waals surface area contributed by atoms with Crippen molar-refractivity contribution in [2.24, 2.45) is 0 Å². The van der Waals surface area contributed by atoms with E-state index in [-0.39, 0.29) is 23.3 Å². The van der Waals surface area contributed by atoms with E-state index in [1.807, 2.05) is 48.7 Å². The number of aromatic nitrogens is 3. The highest BCUT2D eigenvalue weighted by Crippen LogP contribution is 2.29. The minimum atomic E-state index is -0.211. The maximum absolute atomic E-state index is 13.7. The Hall–Kier alpha value is -3.52. The van der Waals surface area contributed by atoms with Gasteiger partial charge in [0.05, 0.1) is 18.6 Å². The van der Waals surface area contributed by atoms with Crippen LogP contribution < -0.4 is 15.6 Å². The summed E-state index contributed by atoms with van der Waals surface area (Å²) in [6.45, 7) is 0. The van der Waals surface area contributed by atoms with Gasteiger partial charge in [0.15, 0.2) is 5.16 Å². The highest BCUT2D eigenvalue weighted by atomic mass is 32.2. The number of thioether (sulfide) groups is 1. The molecule has 4 aromatic rings. The molecule has 1 saturated carbocycles. The Morgan fingerprint density at radius 2 is 1.86 bits per heavy atom. The molecule has 1 aliphatic carbocycles. The summed E-state index contributed by atoms with van der Waals surface area (Å²) >= 11 is 1.28. The molecule has 7 nitrogen and oxygen atoms in total. The molecule has 5 rings (SSSR count). The monoisotopic (exact) mass is 488 g/mol. The topological polar surface area (TPSA) is 89.0 Å². The molecular formula is C27H28N4O3S. The standard InChI is InChI=1S/C27H28N4O3S/c1-34-21-14-12-20(13-15-21)31-26(33)25-24(22(16-28-25)18-8-4-2-5-9-18)30-27(31)35-17-23(32)29-19-10-6-3-7-11-19/h2,4-5,8-9,12-16,19,28H,3,6-7,10-11,17H2,1H3,(H,29,32). The van der Waals surface area contributed by atoms with Crippen LogP contribution >= 0.6 is 11.8 Å². The lowest BCUT2D eigenvalue weighted by Gasteiger charge is -2.22.